The lowest BCUT2D eigenvalue weighted by atomic mass is 10.4. The molecule has 0 aliphatic carbocycles. The average molecular weight is 210 g/mol. The highest BCUT2D eigenvalue weighted by atomic mass is 31.2. The van der Waals surface area contributed by atoms with Crippen LogP contribution >= 0.6 is 7.60 Å². The van der Waals surface area contributed by atoms with Gasteiger partial charge in [-0.2, -0.15) is 0 Å². The molecule has 0 spiro atoms. The summed E-state index contributed by atoms with van der Waals surface area (Å²) in [6, 6.07) is 1.16. The van der Waals surface area contributed by atoms with Crippen LogP contribution in [-0.4, -0.2) is 24.0 Å². The van der Waals surface area contributed by atoms with Gasteiger partial charge >= 0.3 is 7.60 Å². The summed E-state index contributed by atoms with van der Waals surface area (Å²) in [5.74, 6) is 0. The minimum atomic E-state index is -3.73. The van der Waals surface area contributed by atoms with Crippen LogP contribution in [0.15, 0.2) is 0 Å². The maximum atomic E-state index is 10.5. The van der Waals surface area contributed by atoms with Gasteiger partial charge in [0.05, 0.1) is 0 Å². The van der Waals surface area contributed by atoms with Crippen LogP contribution in [0.2, 0.25) is 25.7 Å². The van der Waals surface area contributed by atoms with Gasteiger partial charge in [0.25, 0.3) is 0 Å². The molecule has 3 nitrogen and oxygen atoms in total. The fourth-order valence-corrected chi connectivity index (χ4v) is 2.92. The number of hydrogen-bond acceptors (Lipinski definition) is 1. The van der Waals surface area contributed by atoms with Crippen molar-refractivity contribution in [2.24, 2.45) is 0 Å². The van der Waals surface area contributed by atoms with Gasteiger partial charge in [-0.3, -0.25) is 4.57 Å². The van der Waals surface area contributed by atoms with E-state index >= 15 is 0 Å². The van der Waals surface area contributed by atoms with Crippen LogP contribution in [0, 0.1) is 0 Å². The largest absolute Gasteiger partial charge is 0.325 e. The van der Waals surface area contributed by atoms with Crippen LogP contribution in [0.5, 0.6) is 0 Å². The van der Waals surface area contributed by atoms with Crippen molar-refractivity contribution in [2.75, 3.05) is 6.16 Å². The molecule has 0 heterocycles. The van der Waals surface area contributed by atoms with Crippen LogP contribution < -0.4 is 0 Å². The van der Waals surface area contributed by atoms with Gasteiger partial charge in [0.2, 0.25) is 0 Å². The van der Waals surface area contributed by atoms with E-state index in [1.807, 2.05) is 0 Å². The molecular weight excluding hydrogens is 191 g/mol. The van der Waals surface area contributed by atoms with E-state index in [0.29, 0.717) is 6.42 Å². The first-order chi connectivity index (χ1) is 5.21. The lowest BCUT2D eigenvalue weighted by molar-refractivity contribution is 0.371. The Bertz CT molecular complexity index is 170. The van der Waals surface area contributed by atoms with Crippen LogP contribution in [0.25, 0.3) is 0 Å². The summed E-state index contributed by atoms with van der Waals surface area (Å²) in [6.45, 7) is 6.81. The smallest absolute Gasteiger partial charge is 0.324 e. The standard InChI is InChI=1S/C7H19O3PSi/c1-12(2,3)7-5-4-6-11(8,9)10/h4-7H2,1-3H3,(H2,8,9,10). The first kappa shape index (κ1) is 12.4. The maximum absolute atomic E-state index is 10.5. The van der Waals surface area contributed by atoms with Gasteiger partial charge in [0.1, 0.15) is 0 Å². The number of hydrogen-bond donors (Lipinski definition) is 2. The van der Waals surface area contributed by atoms with Crippen LogP contribution in [0.3, 0.4) is 0 Å². The molecule has 0 fully saturated rings. The molecule has 0 aromatic rings. The van der Waals surface area contributed by atoms with Gasteiger partial charge in [0.15, 0.2) is 0 Å². The second-order valence-electron chi connectivity index (χ2n) is 4.41. The zero-order chi connectivity index (χ0) is 9.83. The highest BCUT2D eigenvalue weighted by molar-refractivity contribution is 7.51. The SMILES string of the molecule is C[Si](C)(C)CCCCP(=O)(O)O. The van der Waals surface area contributed by atoms with Crippen molar-refractivity contribution in [3.8, 4) is 0 Å². The highest BCUT2D eigenvalue weighted by Crippen LogP contribution is 2.35. The van der Waals surface area contributed by atoms with Gasteiger partial charge in [-0.05, 0) is 6.42 Å². The van der Waals surface area contributed by atoms with Crippen molar-refractivity contribution in [1.82, 2.24) is 0 Å². The van der Waals surface area contributed by atoms with E-state index in [9.17, 15) is 4.57 Å². The first-order valence-corrected chi connectivity index (χ1v) is 9.76. The molecule has 0 aliphatic rings. The zero-order valence-corrected chi connectivity index (χ0v) is 9.97. The van der Waals surface area contributed by atoms with Gasteiger partial charge in [0, 0.05) is 14.2 Å². The summed E-state index contributed by atoms with van der Waals surface area (Å²) in [5, 5.41) is 0. The molecule has 2 N–H and O–H groups in total. The molecule has 0 saturated carbocycles. The molecule has 12 heavy (non-hydrogen) atoms. The van der Waals surface area contributed by atoms with Crippen molar-refractivity contribution >= 4 is 15.7 Å². The quantitative estimate of drug-likeness (QED) is 0.416. The summed E-state index contributed by atoms with van der Waals surface area (Å²) in [5.41, 5.74) is 0. The minimum absolute atomic E-state index is 0.0531. The van der Waals surface area contributed by atoms with Gasteiger partial charge in [-0.25, -0.2) is 0 Å². The molecule has 0 bridgehead atoms. The van der Waals surface area contributed by atoms with Crippen molar-refractivity contribution in [3.05, 3.63) is 0 Å². The lowest BCUT2D eigenvalue weighted by Crippen LogP contribution is -2.18. The second kappa shape index (κ2) is 4.56. The van der Waals surface area contributed by atoms with Crippen LogP contribution in [0.4, 0.5) is 0 Å². The second-order valence-corrected chi connectivity index (χ2v) is 11.8. The maximum Gasteiger partial charge on any atom is 0.325 e. The lowest BCUT2D eigenvalue weighted by Gasteiger charge is -2.14. The Balaban J connectivity index is 3.41. The van der Waals surface area contributed by atoms with E-state index in [-0.39, 0.29) is 6.16 Å². The molecule has 0 saturated heterocycles. The Morgan fingerprint density at radius 3 is 2.00 bits per heavy atom. The van der Waals surface area contributed by atoms with Crippen LogP contribution in [0.1, 0.15) is 12.8 Å². The number of rotatable bonds is 5. The Morgan fingerprint density at radius 2 is 1.67 bits per heavy atom. The normalized spacial score (nSPS) is 13.4. The Kier molecular flexibility index (Phi) is 4.70. The third-order valence-corrected chi connectivity index (χ3v) is 4.38. The zero-order valence-electron chi connectivity index (χ0n) is 8.08. The van der Waals surface area contributed by atoms with Gasteiger partial charge < -0.3 is 9.79 Å². The molecule has 0 amide bonds. The van der Waals surface area contributed by atoms with Crippen molar-refractivity contribution < 1.29 is 14.4 Å². The summed E-state index contributed by atoms with van der Waals surface area (Å²) < 4.78 is 10.5. The monoisotopic (exact) mass is 210 g/mol. The molecule has 0 rings (SSSR count). The topological polar surface area (TPSA) is 57.5 Å². The summed E-state index contributed by atoms with van der Waals surface area (Å²) >= 11 is 0. The molecule has 0 atom stereocenters. The predicted octanol–water partition coefficient (Wildman–Crippen LogP) is 2.28. The van der Waals surface area contributed by atoms with E-state index < -0.39 is 15.7 Å². The van der Waals surface area contributed by atoms with Crippen molar-refractivity contribution in [1.29, 1.82) is 0 Å². The average Bonchev–Trinajstić information content (AvgIpc) is 1.76. The van der Waals surface area contributed by atoms with Crippen LogP contribution in [-0.2, 0) is 4.57 Å². The van der Waals surface area contributed by atoms with Gasteiger partial charge in [-0.1, -0.05) is 32.1 Å². The Morgan fingerprint density at radius 1 is 1.17 bits per heavy atom. The van der Waals surface area contributed by atoms with Gasteiger partial charge in [-0.15, -0.1) is 0 Å². The Labute approximate surface area is 75.4 Å². The van der Waals surface area contributed by atoms with Crippen molar-refractivity contribution in [2.45, 2.75) is 38.5 Å². The van der Waals surface area contributed by atoms with E-state index in [1.54, 1.807) is 0 Å². The molecule has 0 aliphatic heterocycles. The fraction of sp³-hybridized carbons (Fsp3) is 1.00. The molecule has 0 aromatic carbocycles. The molecule has 0 aromatic heterocycles. The van der Waals surface area contributed by atoms with E-state index in [2.05, 4.69) is 19.6 Å². The van der Waals surface area contributed by atoms with E-state index in [0.717, 1.165) is 12.5 Å². The third kappa shape index (κ3) is 10.4. The summed E-state index contributed by atoms with van der Waals surface area (Å²) in [6.07, 6.45) is 1.67. The summed E-state index contributed by atoms with van der Waals surface area (Å²) in [7, 11) is -4.74. The Hall–Kier alpha value is 0.367. The predicted molar refractivity (Wildman–Crippen MR) is 54.3 cm³/mol. The number of unbranched alkanes of at least 4 members (excludes halogenated alkanes) is 1. The minimum Gasteiger partial charge on any atom is -0.324 e. The van der Waals surface area contributed by atoms with Crippen molar-refractivity contribution in [3.63, 3.8) is 0 Å². The van der Waals surface area contributed by atoms with E-state index in [4.69, 9.17) is 9.79 Å². The molecule has 5 heteroatoms. The molecule has 74 valence electrons. The molecular formula is C7H19O3PSi. The molecule has 0 unspecified atom stereocenters. The third-order valence-electron chi connectivity index (χ3n) is 1.63. The highest BCUT2D eigenvalue weighted by Gasteiger charge is 2.15. The van der Waals surface area contributed by atoms with E-state index in [1.165, 1.54) is 0 Å². The first-order valence-electron chi connectivity index (χ1n) is 4.25. The molecule has 0 radical (unpaired) electrons. The fourth-order valence-electron chi connectivity index (χ4n) is 0.973. The summed E-state index contributed by atoms with van der Waals surface area (Å²) in [4.78, 5) is 17.1.